The minimum Gasteiger partial charge on any atom is -0.343 e. The van der Waals surface area contributed by atoms with Crippen molar-refractivity contribution < 1.29 is 4.79 Å². The van der Waals surface area contributed by atoms with Crippen LogP contribution >= 0.6 is 0 Å². The van der Waals surface area contributed by atoms with Gasteiger partial charge in [0.2, 0.25) is 0 Å². The monoisotopic (exact) mass is 207 g/mol. The molecule has 0 aromatic carbocycles. The third kappa shape index (κ3) is 1.27. The van der Waals surface area contributed by atoms with Crippen LogP contribution in [0.15, 0.2) is 5.10 Å². The Morgan fingerprint density at radius 3 is 3.07 bits per heavy atom. The summed E-state index contributed by atoms with van der Waals surface area (Å²) in [5.41, 5.74) is 2.62. The molecule has 2 fully saturated rings. The third-order valence-electron chi connectivity index (χ3n) is 4.09. The molecule has 3 atom stereocenters. The van der Waals surface area contributed by atoms with Crippen LogP contribution in [0.3, 0.4) is 0 Å². The molecule has 1 saturated heterocycles. The van der Waals surface area contributed by atoms with E-state index in [0.29, 0.717) is 6.04 Å². The first-order chi connectivity index (χ1) is 7.27. The van der Waals surface area contributed by atoms with Gasteiger partial charge < -0.3 is 4.90 Å². The van der Waals surface area contributed by atoms with E-state index in [1.54, 1.807) is 0 Å². The van der Waals surface area contributed by atoms with Crippen LogP contribution in [-0.2, 0) is 4.79 Å². The number of nitrogens with one attached hydrogen (secondary N) is 1. The summed E-state index contributed by atoms with van der Waals surface area (Å²) < 4.78 is 0. The maximum Gasteiger partial charge on any atom is 0.262 e. The quantitative estimate of drug-likeness (QED) is 0.646. The van der Waals surface area contributed by atoms with Crippen LogP contribution < -0.4 is 5.43 Å². The smallest absolute Gasteiger partial charge is 0.262 e. The largest absolute Gasteiger partial charge is 0.343 e. The molecule has 0 radical (unpaired) electrons. The number of carbonyl (C=O) groups excluding carboxylic acids is 1. The van der Waals surface area contributed by atoms with Gasteiger partial charge in [-0.05, 0) is 32.1 Å². The number of fused-ring (bicyclic) bond motifs is 3. The molecule has 2 heterocycles. The Morgan fingerprint density at radius 1 is 1.40 bits per heavy atom. The standard InChI is InChI=1S/C11H17N3O/c1-7-12-13-11(15)10-6-8-4-2-3-5-9(8)14(7)10/h8-10H,2-6H2,1H3,(H,13,15). The fraction of sp³-hybridized carbons (Fsp3) is 0.818. The maximum atomic E-state index is 11.7. The molecule has 4 heteroatoms. The number of nitrogens with zero attached hydrogens (tertiary/aromatic N) is 2. The van der Waals surface area contributed by atoms with Gasteiger partial charge in [-0.3, -0.25) is 4.79 Å². The van der Waals surface area contributed by atoms with Crippen molar-refractivity contribution in [3.05, 3.63) is 0 Å². The summed E-state index contributed by atoms with van der Waals surface area (Å²) in [6.07, 6.45) is 6.20. The lowest BCUT2D eigenvalue weighted by Crippen LogP contribution is -2.52. The highest BCUT2D eigenvalue weighted by Gasteiger charge is 2.47. The van der Waals surface area contributed by atoms with Gasteiger partial charge in [0.1, 0.15) is 11.9 Å². The zero-order valence-corrected chi connectivity index (χ0v) is 9.07. The summed E-state index contributed by atoms with van der Waals surface area (Å²) in [5, 5.41) is 4.09. The van der Waals surface area contributed by atoms with Crippen molar-refractivity contribution >= 4 is 11.7 Å². The molecule has 2 aliphatic heterocycles. The SMILES string of the molecule is CC1=NNC(=O)C2CC3CCCCC3N12. The number of hydrogen-bond acceptors (Lipinski definition) is 3. The topological polar surface area (TPSA) is 44.7 Å². The Bertz CT molecular complexity index is 326. The molecule has 0 bridgehead atoms. The summed E-state index contributed by atoms with van der Waals surface area (Å²) in [4.78, 5) is 14.0. The number of hydrazone groups is 1. The van der Waals surface area contributed by atoms with Gasteiger partial charge in [-0.25, -0.2) is 5.43 Å². The van der Waals surface area contributed by atoms with E-state index in [-0.39, 0.29) is 11.9 Å². The molecular formula is C11H17N3O. The van der Waals surface area contributed by atoms with E-state index in [9.17, 15) is 4.79 Å². The van der Waals surface area contributed by atoms with E-state index < -0.39 is 0 Å². The van der Waals surface area contributed by atoms with Crippen molar-refractivity contribution in [2.75, 3.05) is 0 Å². The molecule has 15 heavy (non-hydrogen) atoms. The Kier molecular flexibility index (Phi) is 1.97. The van der Waals surface area contributed by atoms with Crippen molar-refractivity contribution in [1.29, 1.82) is 0 Å². The van der Waals surface area contributed by atoms with Crippen molar-refractivity contribution in [1.82, 2.24) is 10.3 Å². The summed E-state index contributed by atoms with van der Waals surface area (Å²) in [6, 6.07) is 0.647. The van der Waals surface area contributed by atoms with Crippen molar-refractivity contribution in [2.45, 2.75) is 51.1 Å². The van der Waals surface area contributed by atoms with Gasteiger partial charge in [-0.2, -0.15) is 5.10 Å². The molecule has 1 aliphatic carbocycles. The third-order valence-corrected chi connectivity index (χ3v) is 4.09. The molecule has 3 rings (SSSR count). The summed E-state index contributed by atoms with van der Waals surface area (Å²) >= 11 is 0. The van der Waals surface area contributed by atoms with Crippen LogP contribution in [0.2, 0.25) is 0 Å². The molecule has 4 nitrogen and oxygen atoms in total. The van der Waals surface area contributed by atoms with Crippen molar-refractivity contribution in [3.8, 4) is 0 Å². The molecule has 0 aromatic rings. The molecule has 0 spiro atoms. The molecule has 3 unspecified atom stereocenters. The Hall–Kier alpha value is -1.06. The van der Waals surface area contributed by atoms with Gasteiger partial charge in [0.15, 0.2) is 0 Å². The highest BCUT2D eigenvalue weighted by atomic mass is 16.2. The van der Waals surface area contributed by atoms with Crippen LogP contribution in [0.25, 0.3) is 0 Å². The fourth-order valence-electron chi connectivity index (χ4n) is 3.43. The van der Waals surface area contributed by atoms with E-state index in [1.807, 2.05) is 6.92 Å². The van der Waals surface area contributed by atoms with Crippen molar-refractivity contribution in [2.24, 2.45) is 11.0 Å². The van der Waals surface area contributed by atoms with Crippen LogP contribution in [0, 0.1) is 5.92 Å². The number of hydrogen-bond donors (Lipinski definition) is 1. The number of rotatable bonds is 0. The minimum atomic E-state index is 0.0654. The second-order valence-corrected chi connectivity index (χ2v) is 4.91. The normalized spacial score (nSPS) is 39.3. The Labute approximate surface area is 89.7 Å². The molecular weight excluding hydrogens is 190 g/mol. The molecule has 1 saturated carbocycles. The van der Waals surface area contributed by atoms with Gasteiger partial charge in [-0.1, -0.05) is 12.8 Å². The number of amides is 1. The molecule has 1 N–H and O–H groups in total. The number of amidine groups is 1. The second-order valence-electron chi connectivity index (χ2n) is 4.91. The highest BCUT2D eigenvalue weighted by molar-refractivity contribution is 5.93. The maximum absolute atomic E-state index is 11.7. The van der Waals surface area contributed by atoms with Crippen LogP contribution in [0.4, 0.5) is 0 Å². The lowest BCUT2D eigenvalue weighted by Gasteiger charge is -2.36. The van der Waals surface area contributed by atoms with Crippen LogP contribution in [-0.4, -0.2) is 28.7 Å². The van der Waals surface area contributed by atoms with Gasteiger partial charge in [0.05, 0.1) is 0 Å². The minimum absolute atomic E-state index is 0.0654. The average molecular weight is 207 g/mol. The predicted octanol–water partition coefficient (Wildman–Crippen LogP) is 1.08. The Morgan fingerprint density at radius 2 is 2.20 bits per heavy atom. The van der Waals surface area contributed by atoms with E-state index in [1.165, 1.54) is 25.7 Å². The summed E-state index contributed by atoms with van der Waals surface area (Å²) in [6.45, 7) is 2.00. The molecule has 82 valence electrons. The zero-order valence-electron chi connectivity index (χ0n) is 9.07. The molecule has 0 aromatic heterocycles. The van der Waals surface area contributed by atoms with E-state index in [0.717, 1.165) is 18.2 Å². The first-order valence-corrected chi connectivity index (χ1v) is 5.90. The fourth-order valence-corrected chi connectivity index (χ4v) is 3.43. The molecule has 3 aliphatic rings. The lowest BCUT2D eigenvalue weighted by atomic mass is 9.85. The van der Waals surface area contributed by atoms with Gasteiger partial charge in [0.25, 0.3) is 5.91 Å². The van der Waals surface area contributed by atoms with E-state index in [2.05, 4.69) is 15.4 Å². The van der Waals surface area contributed by atoms with Crippen molar-refractivity contribution in [3.63, 3.8) is 0 Å². The average Bonchev–Trinajstić information content (AvgIpc) is 2.64. The van der Waals surface area contributed by atoms with E-state index >= 15 is 0 Å². The van der Waals surface area contributed by atoms with Crippen LogP contribution in [0.5, 0.6) is 0 Å². The lowest BCUT2D eigenvalue weighted by molar-refractivity contribution is -0.125. The Balaban J connectivity index is 1.92. The zero-order chi connectivity index (χ0) is 10.4. The first-order valence-electron chi connectivity index (χ1n) is 5.90. The van der Waals surface area contributed by atoms with E-state index in [4.69, 9.17) is 0 Å². The van der Waals surface area contributed by atoms with Crippen LogP contribution in [0.1, 0.15) is 39.0 Å². The summed E-state index contributed by atoms with van der Waals surface area (Å²) in [5.74, 6) is 1.81. The predicted molar refractivity (Wildman–Crippen MR) is 57.2 cm³/mol. The van der Waals surface area contributed by atoms with Gasteiger partial charge in [0, 0.05) is 6.04 Å². The number of carbonyl (C=O) groups is 1. The second kappa shape index (κ2) is 3.22. The van der Waals surface area contributed by atoms with Gasteiger partial charge in [-0.15, -0.1) is 0 Å². The summed E-state index contributed by atoms with van der Waals surface area (Å²) in [7, 11) is 0. The highest BCUT2D eigenvalue weighted by Crippen LogP contribution is 2.40. The molecule has 1 amide bonds. The van der Waals surface area contributed by atoms with Gasteiger partial charge >= 0.3 is 0 Å². The first kappa shape index (κ1) is 9.19.